The number of hydrogen-bond acceptors (Lipinski definition) is 2. The Kier molecular flexibility index (Phi) is 4.90. The Morgan fingerprint density at radius 3 is 2.93 bits per heavy atom. The molecule has 0 atom stereocenters. The molecule has 0 radical (unpaired) electrons. The highest BCUT2D eigenvalue weighted by Crippen LogP contribution is 1.97. The van der Waals surface area contributed by atoms with Crippen molar-refractivity contribution < 1.29 is 4.79 Å². The number of nitrogens with zero attached hydrogens (tertiary/aromatic N) is 1. The van der Waals surface area contributed by atoms with Crippen LogP contribution in [-0.2, 0) is 18.4 Å². The van der Waals surface area contributed by atoms with Crippen LogP contribution in [0.15, 0.2) is 18.3 Å². The number of amides is 1. The van der Waals surface area contributed by atoms with Crippen molar-refractivity contribution in [1.82, 2.24) is 15.2 Å². The highest BCUT2D eigenvalue weighted by molar-refractivity contribution is 5.77. The summed E-state index contributed by atoms with van der Waals surface area (Å²) >= 11 is 0. The van der Waals surface area contributed by atoms with Crippen LogP contribution in [0.25, 0.3) is 0 Å². The highest BCUT2D eigenvalue weighted by atomic mass is 16.1. The molecule has 0 aliphatic carbocycles. The quantitative estimate of drug-likeness (QED) is 0.722. The van der Waals surface area contributed by atoms with Gasteiger partial charge in [-0.2, -0.15) is 0 Å². The number of aryl methyl sites for hydroxylation is 1. The van der Waals surface area contributed by atoms with Gasteiger partial charge in [-0.15, -0.1) is 0 Å². The molecule has 0 unspecified atom stereocenters. The zero-order valence-corrected chi connectivity index (χ0v) is 9.42. The minimum atomic E-state index is 0.0612. The lowest BCUT2D eigenvalue weighted by Crippen LogP contribution is -2.34. The van der Waals surface area contributed by atoms with E-state index in [1.165, 1.54) is 5.69 Å². The molecule has 0 aliphatic rings. The van der Waals surface area contributed by atoms with Gasteiger partial charge in [0.05, 0.1) is 6.54 Å². The van der Waals surface area contributed by atoms with E-state index < -0.39 is 0 Å². The molecule has 1 heterocycles. The molecule has 4 heteroatoms. The van der Waals surface area contributed by atoms with Crippen LogP contribution in [0.3, 0.4) is 0 Å². The summed E-state index contributed by atoms with van der Waals surface area (Å²) in [4.78, 5) is 11.2. The molecule has 1 aromatic rings. The summed E-state index contributed by atoms with van der Waals surface area (Å²) in [5.74, 6) is 0.0612. The molecule has 0 bridgehead atoms. The van der Waals surface area contributed by atoms with Crippen LogP contribution in [0.5, 0.6) is 0 Å². The normalized spacial score (nSPS) is 10.3. The third-order valence-corrected chi connectivity index (χ3v) is 2.22. The molecule has 2 N–H and O–H groups in total. The molecule has 0 spiro atoms. The number of carbonyl (C=O) groups is 1. The van der Waals surface area contributed by atoms with Crippen molar-refractivity contribution in [3.63, 3.8) is 0 Å². The van der Waals surface area contributed by atoms with E-state index in [0.717, 1.165) is 19.5 Å². The lowest BCUT2D eigenvalue weighted by atomic mass is 10.4. The van der Waals surface area contributed by atoms with Gasteiger partial charge in [-0.3, -0.25) is 4.79 Å². The third-order valence-electron chi connectivity index (χ3n) is 2.22. The first-order chi connectivity index (χ1) is 7.24. The molecule has 15 heavy (non-hydrogen) atoms. The Bertz CT molecular complexity index is 307. The van der Waals surface area contributed by atoms with Crippen LogP contribution in [0.4, 0.5) is 0 Å². The summed E-state index contributed by atoms with van der Waals surface area (Å²) in [5, 5.41) is 5.92. The molecule has 84 valence electrons. The highest BCUT2D eigenvalue weighted by Gasteiger charge is 2.00. The fraction of sp³-hybridized carbons (Fsp3) is 0.545. The van der Waals surface area contributed by atoms with E-state index in [4.69, 9.17) is 0 Å². The Balaban J connectivity index is 2.16. The lowest BCUT2D eigenvalue weighted by molar-refractivity contribution is -0.120. The average molecular weight is 209 g/mol. The van der Waals surface area contributed by atoms with E-state index in [9.17, 15) is 4.79 Å². The van der Waals surface area contributed by atoms with Crippen molar-refractivity contribution in [2.45, 2.75) is 19.9 Å². The molecule has 0 saturated carbocycles. The number of aromatic nitrogens is 1. The molecule has 4 nitrogen and oxygen atoms in total. The monoisotopic (exact) mass is 209 g/mol. The molecule has 0 saturated heterocycles. The van der Waals surface area contributed by atoms with Crippen molar-refractivity contribution in [2.75, 3.05) is 13.1 Å². The maximum atomic E-state index is 11.2. The minimum absolute atomic E-state index is 0.0612. The standard InChI is InChI=1S/C11H19N3O/c1-3-6-13-11(15)9-12-8-10-5-4-7-14(10)2/h4-5,7,12H,3,6,8-9H2,1-2H3,(H,13,15). The van der Waals surface area contributed by atoms with Gasteiger partial charge in [0.2, 0.25) is 5.91 Å². The average Bonchev–Trinajstić information content (AvgIpc) is 2.61. The third kappa shape index (κ3) is 4.16. The van der Waals surface area contributed by atoms with Gasteiger partial charge in [0.1, 0.15) is 0 Å². The van der Waals surface area contributed by atoms with E-state index in [1.807, 2.05) is 36.9 Å². The molecular formula is C11H19N3O. The second-order valence-electron chi connectivity index (χ2n) is 3.56. The van der Waals surface area contributed by atoms with Gasteiger partial charge in [0, 0.05) is 32.0 Å². The second-order valence-corrected chi connectivity index (χ2v) is 3.56. The first kappa shape index (κ1) is 11.8. The Morgan fingerprint density at radius 1 is 1.53 bits per heavy atom. The summed E-state index contributed by atoms with van der Waals surface area (Å²) in [6, 6.07) is 4.03. The minimum Gasteiger partial charge on any atom is -0.355 e. The predicted octanol–water partition coefficient (Wildman–Crippen LogP) is 0.641. The van der Waals surface area contributed by atoms with Crippen LogP contribution in [0.2, 0.25) is 0 Å². The van der Waals surface area contributed by atoms with Crippen LogP contribution in [-0.4, -0.2) is 23.6 Å². The predicted molar refractivity (Wildman–Crippen MR) is 60.4 cm³/mol. The van der Waals surface area contributed by atoms with Crippen molar-refractivity contribution in [1.29, 1.82) is 0 Å². The van der Waals surface area contributed by atoms with E-state index >= 15 is 0 Å². The van der Waals surface area contributed by atoms with Gasteiger partial charge in [0.25, 0.3) is 0 Å². The molecule has 1 aromatic heterocycles. The smallest absolute Gasteiger partial charge is 0.233 e. The van der Waals surface area contributed by atoms with Crippen molar-refractivity contribution >= 4 is 5.91 Å². The van der Waals surface area contributed by atoms with E-state index in [-0.39, 0.29) is 5.91 Å². The topological polar surface area (TPSA) is 46.1 Å². The first-order valence-electron chi connectivity index (χ1n) is 5.31. The fourth-order valence-corrected chi connectivity index (χ4v) is 1.31. The summed E-state index contributed by atoms with van der Waals surface area (Å²) in [6.45, 7) is 3.90. The molecule has 0 fully saturated rings. The Morgan fingerprint density at radius 2 is 2.33 bits per heavy atom. The Labute approximate surface area is 90.7 Å². The molecule has 0 aromatic carbocycles. The van der Waals surface area contributed by atoms with Gasteiger partial charge in [-0.05, 0) is 18.6 Å². The summed E-state index contributed by atoms with van der Waals surface area (Å²) in [7, 11) is 1.99. The van der Waals surface area contributed by atoms with E-state index in [2.05, 4.69) is 10.6 Å². The first-order valence-corrected chi connectivity index (χ1v) is 5.31. The van der Waals surface area contributed by atoms with Crippen LogP contribution >= 0.6 is 0 Å². The lowest BCUT2D eigenvalue weighted by Gasteiger charge is -2.06. The molecule has 1 rings (SSSR count). The fourth-order valence-electron chi connectivity index (χ4n) is 1.31. The van der Waals surface area contributed by atoms with Crippen LogP contribution in [0, 0.1) is 0 Å². The van der Waals surface area contributed by atoms with E-state index in [0.29, 0.717) is 6.54 Å². The van der Waals surface area contributed by atoms with Crippen molar-refractivity contribution in [3.8, 4) is 0 Å². The summed E-state index contributed by atoms with van der Waals surface area (Å²) in [6.07, 6.45) is 2.97. The largest absolute Gasteiger partial charge is 0.355 e. The summed E-state index contributed by atoms with van der Waals surface area (Å²) in [5.41, 5.74) is 1.18. The zero-order chi connectivity index (χ0) is 11.1. The van der Waals surface area contributed by atoms with E-state index in [1.54, 1.807) is 0 Å². The van der Waals surface area contributed by atoms with Gasteiger partial charge < -0.3 is 15.2 Å². The van der Waals surface area contributed by atoms with Gasteiger partial charge in [-0.1, -0.05) is 6.92 Å². The number of rotatable bonds is 6. The molecule has 0 aliphatic heterocycles. The summed E-state index contributed by atoms with van der Waals surface area (Å²) < 4.78 is 2.04. The maximum Gasteiger partial charge on any atom is 0.233 e. The van der Waals surface area contributed by atoms with Crippen molar-refractivity contribution in [3.05, 3.63) is 24.0 Å². The van der Waals surface area contributed by atoms with Gasteiger partial charge in [0.15, 0.2) is 0 Å². The number of nitrogens with one attached hydrogen (secondary N) is 2. The van der Waals surface area contributed by atoms with Crippen LogP contribution in [0.1, 0.15) is 19.0 Å². The van der Waals surface area contributed by atoms with Gasteiger partial charge in [-0.25, -0.2) is 0 Å². The Hall–Kier alpha value is -1.29. The number of hydrogen-bond donors (Lipinski definition) is 2. The van der Waals surface area contributed by atoms with Crippen molar-refractivity contribution in [2.24, 2.45) is 7.05 Å². The molecule has 1 amide bonds. The van der Waals surface area contributed by atoms with Gasteiger partial charge >= 0.3 is 0 Å². The maximum absolute atomic E-state index is 11.2. The molecular weight excluding hydrogens is 190 g/mol. The van der Waals surface area contributed by atoms with Crippen LogP contribution < -0.4 is 10.6 Å². The SMILES string of the molecule is CCCNC(=O)CNCc1cccn1C. The number of carbonyl (C=O) groups excluding carboxylic acids is 1. The zero-order valence-electron chi connectivity index (χ0n) is 9.42. The second kappa shape index (κ2) is 6.24.